The first-order valence-corrected chi connectivity index (χ1v) is 5.32. The average Bonchev–Trinajstić information content (AvgIpc) is 2.23. The lowest BCUT2D eigenvalue weighted by molar-refractivity contribution is -0.116. The van der Waals surface area contributed by atoms with Gasteiger partial charge in [-0.2, -0.15) is 0 Å². The number of amides is 1. The molecule has 0 aliphatic heterocycles. The van der Waals surface area contributed by atoms with Crippen LogP contribution in [0.15, 0.2) is 12.1 Å². The maximum absolute atomic E-state index is 11.4. The molecule has 0 aromatic heterocycles. The largest absolute Gasteiger partial charge is 0.507 e. The van der Waals surface area contributed by atoms with Crippen LogP contribution in [0.3, 0.4) is 0 Å². The molecule has 92 valence electrons. The molecule has 0 unspecified atom stereocenters. The number of carbonyl (C=O) groups is 2. The number of aromatic hydroxyl groups is 1. The van der Waals surface area contributed by atoms with Crippen molar-refractivity contribution in [2.24, 2.45) is 0 Å². The molecule has 0 radical (unpaired) electrons. The highest BCUT2D eigenvalue weighted by Gasteiger charge is 2.14. The van der Waals surface area contributed by atoms with Crippen molar-refractivity contribution < 1.29 is 19.8 Å². The zero-order valence-corrected chi connectivity index (χ0v) is 9.78. The summed E-state index contributed by atoms with van der Waals surface area (Å²) in [5.41, 5.74) is 0.588. The minimum atomic E-state index is -1.22. The van der Waals surface area contributed by atoms with Crippen LogP contribution in [-0.2, 0) is 4.79 Å². The van der Waals surface area contributed by atoms with E-state index in [0.717, 1.165) is 0 Å². The third kappa shape index (κ3) is 3.21. The predicted octanol–water partition coefficient (Wildman–Crippen LogP) is 2.14. The fourth-order valence-corrected chi connectivity index (χ4v) is 1.47. The van der Waals surface area contributed by atoms with E-state index in [-0.39, 0.29) is 17.2 Å². The Bertz CT molecular complexity index is 454. The molecule has 17 heavy (non-hydrogen) atoms. The number of aryl methyl sites for hydroxylation is 1. The van der Waals surface area contributed by atoms with Crippen LogP contribution in [0.2, 0.25) is 0 Å². The first kappa shape index (κ1) is 13.0. The van der Waals surface area contributed by atoms with E-state index in [2.05, 4.69) is 5.32 Å². The fourth-order valence-electron chi connectivity index (χ4n) is 1.47. The molecule has 0 atom stereocenters. The topological polar surface area (TPSA) is 86.6 Å². The maximum atomic E-state index is 11.4. The van der Waals surface area contributed by atoms with E-state index in [1.54, 1.807) is 6.92 Å². The Hall–Kier alpha value is -2.04. The monoisotopic (exact) mass is 237 g/mol. The molecule has 1 aromatic carbocycles. The number of benzene rings is 1. The van der Waals surface area contributed by atoms with Crippen LogP contribution in [0.4, 0.5) is 5.69 Å². The number of hydrogen-bond acceptors (Lipinski definition) is 3. The summed E-state index contributed by atoms with van der Waals surface area (Å²) in [5.74, 6) is -1.67. The number of hydrogen-bond donors (Lipinski definition) is 3. The normalized spacial score (nSPS) is 10.0. The van der Waals surface area contributed by atoms with Gasteiger partial charge in [-0.25, -0.2) is 4.79 Å². The van der Waals surface area contributed by atoms with Gasteiger partial charge in [0.15, 0.2) is 0 Å². The number of carboxylic acid groups (broad SMARTS) is 1. The zero-order chi connectivity index (χ0) is 13.0. The van der Waals surface area contributed by atoms with Gasteiger partial charge in [0, 0.05) is 12.1 Å². The molecule has 1 rings (SSSR count). The van der Waals surface area contributed by atoms with Crippen molar-refractivity contribution in [3.05, 3.63) is 23.3 Å². The number of carbonyl (C=O) groups excluding carboxylic acids is 1. The minimum absolute atomic E-state index is 0.172. The van der Waals surface area contributed by atoms with Gasteiger partial charge < -0.3 is 15.5 Å². The molecular formula is C12H15NO4. The van der Waals surface area contributed by atoms with E-state index < -0.39 is 5.97 Å². The van der Waals surface area contributed by atoms with Gasteiger partial charge in [-0.05, 0) is 31.0 Å². The van der Waals surface area contributed by atoms with E-state index in [4.69, 9.17) is 5.11 Å². The Labute approximate surface area is 99.1 Å². The van der Waals surface area contributed by atoms with E-state index in [0.29, 0.717) is 24.1 Å². The Kier molecular flexibility index (Phi) is 4.09. The molecule has 3 N–H and O–H groups in total. The molecule has 0 saturated carbocycles. The molecule has 0 bridgehead atoms. The summed E-state index contributed by atoms with van der Waals surface area (Å²) in [6.45, 7) is 3.46. The molecular weight excluding hydrogens is 222 g/mol. The van der Waals surface area contributed by atoms with Gasteiger partial charge >= 0.3 is 5.97 Å². The lowest BCUT2D eigenvalue weighted by Crippen LogP contribution is -2.11. The molecule has 0 aliphatic carbocycles. The quantitative estimate of drug-likeness (QED) is 0.700. The van der Waals surface area contributed by atoms with Crippen LogP contribution in [0.25, 0.3) is 0 Å². The standard InChI is InChI=1S/C12H15NO4/c1-3-4-10(14)13-8-5-7(2)11(15)9(6-8)12(16)17/h5-6,15H,3-4H2,1-2H3,(H,13,14)(H,16,17). The molecule has 1 amide bonds. The van der Waals surface area contributed by atoms with E-state index in [1.165, 1.54) is 12.1 Å². The number of aromatic carboxylic acids is 1. The van der Waals surface area contributed by atoms with Gasteiger partial charge in [0.2, 0.25) is 5.91 Å². The summed E-state index contributed by atoms with van der Waals surface area (Å²) in [5, 5.41) is 21.0. The first-order chi connectivity index (χ1) is 7.95. The maximum Gasteiger partial charge on any atom is 0.339 e. The van der Waals surface area contributed by atoms with Gasteiger partial charge in [-0.1, -0.05) is 6.92 Å². The summed E-state index contributed by atoms with van der Waals surface area (Å²) >= 11 is 0. The van der Waals surface area contributed by atoms with Gasteiger partial charge in [0.05, 0.1) is 0 Å². The molecule has 0 fully saturated rings. The molecule has 0 heterocycles. The van der Waals surface area contributed by atoms with Crippen LogP contribution in [0.5, 0.6) is 5.75 Å². The second kappa shape index (κ2) is 5.34. The lowest BCUT2D eigenvalue weighted by atomic mass is 10.1. The van der Waals surface area contributed by atoms with Gasteiger partial charge in [0.25, 0.3) is 0 Å². The number of anilines is 1. The number of carboxylic acids is 1. The first-order valence-electron chi connectivity index (χ1n) is 5.32. The minimum Gasteiger partial charge on any atom is -0.507 e. The molecule has 0 aliphatic rings. The van der Waals surface area contributed by atoms with E-state index >= 15 is 0 Å². The smallest absolute Gasteiger partial charge is 0.339 e. The van der Waals surface area contributed by atoms with E-state index in [1.807, 2.05) is 6.92 Å². The molecule has 0 spiro atoms. The average molecular weight is 237 g/mol. The Morgan fingerprint density at radius 1 is 1.35 bits per heavy atom. The second-order valence-electron chi connectivity index (χ2n) is 3.79. The fraction of sp³-hybridized carbons (Fsp3) is 0.333. The molecule has 1 aromatic rings. The highest BCUT2D eigenvalue weighted by atomic mass is 16.4. The van der Waals surface area contributed by atoms with Gasteiger partial charge in [-0.3, -0.25) is 4.79 Å². The molecule has 5 heteroatoms. The lowest BCUT2D eigenvalue weighted by Gasteiger charge is -2.09. The highest BCUT2D eigenvalue weighted by Crippen LogP contribution is 2.26. The summed E-state index contributed by atoms with van der Waals surface area (Å²) in [7, 11) is 0. The van der Waals surface area contributed by atoms with Crippen molar-refractivity contribution in [1.82, 2.24) is 0 Å². The Morgan fingerprint density at radius 2 is 2.00 bits per heavy atom. The van der Waals surface area contributed by atoms with Crippen LogP contribution >= 0.6 is 0 Å². The summed E-state index contributed by atoms with van der Waals surface area (Å²) in [6, 6.07) is 2.79. The summed E-state index contributed by atoms with van der Waals surface area (Å²) in [4.78, 5) is 22.2. The van der Waals surface area contributed by atoms with Crippen molar-refractivity contribution in [3.63, 3.8) is 0 Å². The number of rotatable bonds is 4. The van der Waals surface area contributed by atoms with Crippen LogP contribution in [0.1, 0.15) is 35.7 Å². The van der Waals surface area contributed by atoms with Crippen LogP contribution in [-0.4, -0.2) is 22.1 Å². The second-order valence-corrected chi connectivity index (χ2v) is 3.79. The van der Waals surface area contributed by atoms with Gasteiger partial charge in [0.1, 0.15) is 11.3 Å². The Morgan fingerprint density at radius 3 is 2.53 bits per heavy atom. The van der Waals surface area contributed by atoms with Crippen molar-refractivity contribution >= 4 is 17.6 Å². The highest BCUT2D eigenvalue weighted by molar-refractivity contribution is 5.96. The van der Waals surface area contributed by atoms with Crippen LogP contribution in [0, 0.1) is 6.92 Å². The van der Waals surface area contributed by atoms with Gasteiger partial charge in [-0.15, -0.1) is 0 Å². The van der Waals surface area contributed by atoms with Crippen molar-refractivity contribution in [1.29, 1.82) is 0 Å². The third-order valence-corrected chi connectivity index (χ3v) is 2.29. The van der Waals surface area contributed by atoms with Crippen molar-refractivity contribution in [3.8, 4) is 5.75 Å². The van der Waals surface area contributed by atoms with Crippen molar-refractivity contribution in [2.75, 3.05) is 5.32 Å². The third-order valence-electron chi connectivity index (χ3n) is 2.29. The van der Waals surface area contributed by atoms with Crippen molar-refractivity contribution in [2.45, 2.75) is 26.7 Å². The molecule has 5 nitrogen and oxygen atoms in total. The Balaban J connectivity index is 3.02. The SMILES string of the molecule is CCCC(=O)Nc1cc(C)c(O)c(C(=O)O)c1. The number of nitrogens with one attached hydrogen (secondary N) is 1. The van der Waals surface area contributed by atoms with E-state index in [9.17, 15) is 14.7 Å². The summed E-state index contributed by atoms with van der Waals surface area (Å²) in [6.07, 6.45) is 1.09. The predicted molar refractivity (Wildman–Crippen MR) is 63.3 cm³/mol. The van der Waals surface area contributed by atoms with Crippen LogP contribution < -0.4 is 5.32 Å². The molecule has 0 saturated heterocycles. The summed E-state index contributed by atoms with van der Waals surface area (Å²) < 4.78 is 0. The zero-order valence-electron chi connectivity index (χ0n) is 9.78. The number of phenols is 1.